The number of ether oxygens (including phenoxy) is 2. The van der Waals surface area contributed by atoms with Gasteiger partial charge in [-0.15, -0.1) is 19.4 Å². The standard InChI is InChI=1S/C15H34O5Si4.C13H28O4Si3.C10H28O3Si3.C7H22O2Si3.C3H6O.2H2/c1-11-15(16)17-13-12-14-24(10,19-22(5,6)7)20-23(8,9)18-21(2,3)4;1-9-13(14)15-11-10-12-20(8,16-18(2,3)4)17-19(5,6)7;1-14(2,3)12-16(7,10-8-9-11)13-15(4,5)6;1-10(8-11(2,3)4)9-12(5,6)7;1-2-3-4;;/h1H,12-14H2,2-10H3;1H,10-12H2,2-8H3;11H,8-10H2,1-7H3;10H,1-7H3;2,4H,1,3H2;2*1H/i;;;;;2*1+1D. The fraction of sp³-hybridized carbons (Fsp3) is 0.833. The highest BCUT2D eigenvalue weighted by atomic mass is 28.5. The summed E-state index contributed by atoms with van der Waals surface area (Å²) in [6.07, 6.45) is 13.6. The first kappa shape index (κ1) is 80.4. The van der Waals surface area contributed by atoms with E-state index < -0.39 is 122 Å². The Bertz CT molecular complexity index is 1670. The van der Waals surface area contributed by atoms with Crippen LogP contribution >= 0.6 is 0 Å². The van der Waals surface area contributed by atoms with Gasteiger partial charge in [-0.1, -0.05) is 6.08 Å². The summed E-state index contributed by atoms with van der Waals surface area (Å²) in [7, 11) is -23.0. The van der Waals surface area contributed by atoms with E-state index in [0.717, 1.165) is 31.0 Å². The summed E-state index contributed by atoms with van der Waals surface area (Å²) in [5.74, 6) is 2.66. The highest BCUT2D eigenvalue weighted by Crippen LogP contribution is 2.29. The molecule has 2 N–H and O–H groups in total. The zero-order valence-corrected chi connectivity index (χ0v) is 67.4. The van der Waals surface area contributed by atoms with Crippen molar-refractivity contribution in [2.45, 2.75) is 234 Å². The maximum Gasteiger partial charge on any atom is 0.384 e. The first-order valence-corrected chi connectivity index (χ1v) is 66.5. The highest BCUT2D eigenvalue weighted by Gasteiger charge is 2.45. The molecule has 0 aliphatic carbocycles. The van der Waals surface area contributed by atoms with Crippen molar-refractivity contribution in [3.63, 3.8) is 0 Å². The van der Waals surface area contributed by atoms with Gasteiger partial charge >= 0.3 is 46.2 Å². The van der Waals surface area contributed by atoms with Gasteiger partial charge < -0.3 is 56.7 Å². The van der Waals surface area contributed by atoms with Crippen LogP contribution in [-0.4, -0.2) is 159 Å². The third kappa shape index (κ3) is 65.0. The molecule has 0 spiro atoms. The van der Waals surface area contributed by atoms with Gasteiger partial charge in [-0.05, 0) is 234 Å². The third-order valence-corrected chi connectivity index (χ3v) is 48.9. The van der Waals surface area contributed by atoms with Crippen molar-refractivity contribution in [2.75, 3.05) is 26.4 Å². The van der Waals surface area contributed by atoms with Crippen LogP contribution in [0.4, 0.5) is 0 Å². The molecule has 0 fully saturated rings. The average Bonchev–Trinajstić information content (AvgIpc) is 3.19. The summed E-state index contributed by atoms with van der Waals surface area (Å²) in [5.41, 5.74) is 0. The van der Waals surface area contributed by atoms with E-state index in [-0.39, 0.29) is 13.2 Å². The van der Waals surface area contributed by atoms with Crippen LogP contribution in [-0.2, 0) is 56.1 Å². The van der Waals surface area contributed by atoms with Crippen LogP contribution in [0.2, 0.25) is 215 Å². The SMILES string of the molecule is C#CC(=O)OCCC[Si](C)(O[Si](C)(C)C)O[Si](C)(C)C.C#CC(=O)OCCC[Si](C)(O[Si](C)(C)C)O[Si](C)(C)O[Si](C)(C)C.C=CCO.C[SiH](O[Si](C)(C)C)O[Si](C)(C)C.C[Si](C)(C)O[Si](C)(CCCO)O[Si](C)(C)C.[2H][2H].[2H][2H]. The van der Waals surface area contributed by atoms with E-state index in [2.05, 4.69) is 203 Å². The van der Waals surface area contributed by atoms with E-state index in [4.69, 9.17) is 75.5 Å². The van der Waals surface area contributed by atoms with E-state index in [1.165, 1.54) is 6.08 Å². The number of esters is 2. The fourth-order valence-corrected chi connectivity index (χ4v) is 59.1. The Morgan fingerprint density at radius 1 is 0.461 bits per heavy atom. The molecule has 15 nitrogen and oxygen atoms in total. The lowest BCUT2D eigenvalue weighted by Crippen LogP contribution is -2.56. The fourth-order valence-electron chi connectivity index (χ4n) is 7.50. The Balaban J connectivity index is -0.000000174. The number of carbonyl (C=O) groups excluding carboxylic acids is 2. The van der Waals surface area contributed by atoms with E-state index in [1.54, 1.807) is 0 Å². The number of carbonyl (C=O) groups is 2. The minimum atomic E-state index is -2.42. The van der Waals surface area contributed by atoms with Crippen LogP contribution in [0.3, 0.4) is 0 Å². The molecule has 28 heteroatoms. The van der Waals surface area contributed by atoms with Crippen molar-refractivity contribution in [2.24, 2.45) is 0 Å². The Morgan fingerprint density at radius 3 is 0.895 bits per heavy atom. The molecule has 0 bridgehead atoms. The summed E-state index contributed by atoms with van der Waals surface area (Å²) in [4.78, 5) is 21.9. The lowest BCUT2D eigenvalue weighted by Gasteiger charge is -2.41. The van der Waals surface area contributed by atoms with Gasteiger partial charge in [0.05, 0.1) is 19.8 Å². The van der Waals surface area contributed by atoms with Gasteiger partial charge in [-0.25, -0.2) is 9.59 Å². The molecule has 0 amide bonds. The molecule has 1 unspecified atom stereocenters. The zero-order chi connectivity index (χ0) is 65.7. The summed E-state index contributed by atoms with van der Waals surface area (Å²) in [5, 5.41) is 16.7. The molecule has 0 aliphatic rings. The van der Waals surface area contributed by atoms with Crippen LogP contribution in [0.15, 0.2) is 12.7 Å². The Labute approximate surface area is 488 Å². The summed E-state index contributed by atoms with van der Waals surface area (Å²) in [6, 6.07) is 2.47. The Hall–Kier alpha value is 0.179. The van der Waals surface area contributed by atoms with E-state index in [9.17, 15) is 9.59 Å². The number of aliphatic hydroxyl groups is 2. The molecular formula is C48H122O15Si13. The molecule has 1 atom stereocenters. The normalized spacial score (nSPS) is 14.0. The maximum absolute atomic E-state index is 11.0. The lowest BCUT2D eigenvalue weighted by molar-refractivity contribution is -0.137. The zero-order valence-electron chi connectivity index (χ0n) is 58.3. The van der Waals surface area contributed by atoms with Gasteiger partial charge in [0.25, 0.3) is 9.28 Å². The highest BCUT2D eigenvalue weighted by molar-refractivity contribution is 6.90. The quantitative estimate of drug-likeness (QED) is 0.0173. The van der Waals surface area contributed by atoms with Crippen LogP contribution in [0.1, 0.15) is 25.2 Å². The first-order valence-electron chi connectivity index (χ1n) is 28.8. The van der Waals surface area contributed by atoms with Gasteiger partial charge in [-0.2, -0.15) is 0 Å². The second kappa shape index (κ2) is 37.4. The monoisotopic (exact) mass is 1310 g/mol. The molecule has 76 heavy (non-hydrogen) atoms. The van der Waals surface area contributed by atoms with E-state index >= 15 is 0 Å². The molecule has 0 saturated carbocycles. The predicted octanol–water partition coefficient (Wildman–Crippen LogP) is 13.7. The van der Waals surface area contributed by atoms with Crippen molar-refractivity contribution >= 4 is 122 Å². The second-order valence-corrected chi connectivity index (χ2v) is 80.9. The summed E-state index contributed by atoms with van der Waals surface area (Å²) < 4.78 is 86.2. The first-order chi connectivity index (χ1) is 35.4. The molecule has 0 aromatic rings. The van der Waals surface area contributed by atoms with Gasteiger partial charge in [0, 0.05) is 24.4 Å². The van der Waals surface area contributed by atoms with Gasteiger partial charge in [0.15, 0.2) is 66.5 Å². The van der Waals surface area contributed by atoms with Gasteiger partial charge in [0.1, 0.15) is 0 Å². The lowest BCUT2D eigenvalue weighted by atomic mass is 10.5. The third-order valence-electron chi connectivity index (χ3n) is 7.83. The van der Waals surface area contributed by atoms with Crippen molar-refractivity contribution < 1.29 is 72.3 Å². The second-order valence-electron chi connectivity index (χ2n) is 27.3. The van der Waals surface area contributed by atoms with Crippen LogP contribution in [0.5, 0.6) is 0 Å². The van der Waals surface area contributed by atoms with Crippen LogP contribution in [0, 0.1) is 24.7 Å². The topological polar surface area (TPSA) is 176 Å². The largest absolute Gasteiger partial charge is 0.456 e. The number of hydrogen-bond donors (Lipinski definition) is 2. The predicted molar refractivity (Wildman–Crippen MR) is 358 cm³/mol. The minimum Gasteiger partial charge on any atom is -0.456 e. The smallest absolute Gasteiger partial charge is 0.384 e. The molecule has 0 aliphatic heterocycles. The van der Waals surface area contributed by atoms with Crippen molar-refractivity contribution in [1.82, 2.24) is 0 Å². The van der Waals surface area contributed by atoms with Crippen molar-refractivity contribution in [3.8, 4) is 24.7 Å². The number of rotatable bonds is 30. The average molecular weight is 1310 g/mol. The Kier molecular flexibility index (Phi) is 39.6. The summed E-state index contributed by atoms with van der Waals surface area (Å²) in [6.45, 7) is 69.3. The Morgan fingerprint density at radius 2 is 0.697 bits per heavy atom. The maximum atomic E-state index is 11.0. The molecule has 456 valence electrons. The minimum absolute atomic E-state index is 0.0833. The molecular weight excluding hydrogens is 1180 g/mol. The van der Waals surface area contributed by atoms with Crippen molar-refractivity contribution in [1.29, 1.82) is 0 Å². The molecule has 0 saturated heterocycles. The number of aliphatic hydroxyl groups excluding tert-OH is 2. The van der Waals surface area contributed by atoms with Crippen LogP contribution in [0.25, 0.3) is 0 Å². The van der Waals surface area contributed by atoms with E-state index in [1.807, 2.05) is 11.8 Å². The molecule has 0 rings (SSSR count). The molecule has 0 radical (unpaired) electrons. The van der Waals surface area contributed by atoms with Crippen molar-refractivity contribution in [3.05, 3.63) is 12.7 Å². The van der Waals surface area contributed by atoms with Gasteiger partial charge in [0.2, 0.25) is 0 Å². The molecule has 0 aromatic carbocycles. The molecule has 0 aromatic heterocycles. The number of hydrogen-bond acceptors (Lipinski definition) is 15. The number of terminal acetylenes is 2. The van der Waals surface area contributed by atoms with Gasteiger partial charge in [-0.3, -0.25) is 0 Å². The van der Waals surface area contributed by atoms with Crippen LogP contribution < -0.4 is 0 Å². The summed E-state index contributed by atoms with van der Waals surface area (Å²) >= 11 is 0. The molecule has 0 heterocycles. The van der Waals surface area contributed by atoms with E-state index in [0.29, 0.717) is 19.6 Å².